The van der Waals surface area contributed by atoms with Crippen LogP contribution in [-0.4, -0.2) is 32.3 Å². The Balaban J connectivity index is 1.98. The van der Waals surface area contributed by atoms with Crippen LogP contribution in [0.1, 0.15) is 12.5 Å². The zero-order valence-electron chi connectivity index (χ0n) is 14.3. The van der Waals surface area contributed by atoms with Crippen LogP contribution in [0.3, 0.4) is 0 Å². The number of nitrogens with zero attached hydrogens (tertiary/aromatic N) is 1. The second-order valence-electron chi connectivity index (χ2n) is 6.50. The molecule has 0 aliphatic carbocycles. The molecule has 0 aromatic heterocycles. The van der Waals surface area contributed by atoms with Gasteiger partial charge in [-0.25, -0.2) is 0 Å². The standard InChI is InChI=1S/C19H23ClN2O2/c1-13(11-22(2)3)10-14-15(20)8-9-18-19(14)21-16-6-4-5-7-17(16)23-12-24-18/h4-9,13,21H,10-12H2,1-3H3. The number of rotatable bonds is 4. The molecular formula is C19H23ClN2O2. The molecule has 2 aromatic rings. The van der Waals surface area contributed by atoms with Crippen LogP contribution in [0.4, 0.5) is 11.4 Å². The van der Waals surface area contributed by atoms with Gasteiger partial charge in [0.1, 0.15) is 11.5 Å². The number of ether oxygens (including phenoxy) is 2. The van der Waals surface area contributed by atoms with Crippen molar-refractivity contribution in [1.29, 1.82) is 0 Å². The van der Waals surface area contributed by atoms with Gasteiger partial charge >= 0.3 is 0 Å². The SMILES string of the molecule is CC(Cc1c(Cl)ccc2c1Nc1ccccc1OCO2)CN(C)C. The minimum atomic E-state index is 0.181. The van der Waals surface area contributed by atoms with Gasteiger partial charge in [0.25, 0.3) is 0 Å². The summed E-state index contributed by atoms with van der Waals surface area (Å²) >= 11 is 6.52. The van der Waals surface area contributed by atoms with E-state index < -0.39 is 0 Å². The molecule has 128 valence electrons. The highest BCUT2D eigenvalue weighted by Crippen LogP contribution is 2.40. The summed E-state index contributed by atoms with van der Waals surface area (Å²) < 4.78 is 11.5. The molecule has 0 spiro atoms. The molecule has 0 saturated carbocycles. The quantitative estimate of drug-likeness (QED) is 0.880. The van der Waals surface area contributed by atoms with Crippen molar-refractivity contribution in [3.8, 4) is 11.5 Å². The van der Waals surface area contributed by atoms with E-state index >= 15 is 0 Å². The molecule has 1 heterocycles. The van der Waals surface area contributed by atoms with Gasteiger partial charge in [-0.05, 0) is 56.3 Å². The predicted octanol–water partition coefficient (Wildman–Crippen LogP) is 4.55. The summed E-state index contributed by atoms with van der Waals surface area (Å²) in [5, 5.41) is 4.22. The fraction of sp³-hybridized carbons (Fsp3) is 0.368. The van der Waals surface area contributed by atoms with E-state index in [0.29, 0.717) is 5.92 Å². The van der Waals surface area contributed by atoms with Crippen molar-refractivity contribution in [3.63, 3.8) is 0 Å². The Hall–Kier alpha value is -1.91. The number of para-hydroxylation sites is 2. The topological polar surface area (TPSA) is 33.7 Å². The third-order valence-corrected chi connectivity index (χ3v) is 4.38. The molecule has 1 aliphatic heterocycles. The molecule has 5 heteroatoms. The lowest BCUT2D eigenvalue weighted by atomic mass is 9.98. The fourth-order valence-electron chi connectivity index (χ4n) is 3.08. The summed E-state index contributed by atoms with van der Waals surface area (Å²) in [6.07, 6.45) is 0.875. The lowest BCUT2D eigenvalue weighted by molar-refractivity contribution is 0.120. The van der Waals surface area contributed by atoms with E-state index in [9.17, 15) is 0 Å². The molecule has 0 fully saturated rings. The van der Waals surface area contributed by atoms with Crippen LogP contribution in [-0.2, 0) is 6.42 Å². The molecule has 0 saturated heterocycles. The average Bonchev–Trinajstić information content (AvgIpc) is 2.51. The molecule has 24 heavy (non-hydrogen) atoms. The number of hydrogen-bond acceptors (Lipinski definition) is 4. The van der Waals surface area contributed by atoms with Gasteiger partial charge in [0.2, 0.25) is 6.79 Å². The van der Waals surface area contributed by atoms with Gasteiger partial charge in [0, 0.05) is 11.6 Å². The molecule has 1 atom stereocenters. The molecule has 1 aliphatic rings. The van der Waals surface area contributed by atoms with Gasteiger partial charge in [0.15, 0.2) is 0 Å². The van der Waals surface area contributed by atoms with Crippen molar-refractivity contribution in [1.82, 2.24) is 4.90 Å². The third kappa shape index (κ3) is 3.77. The third-order valence-electron chi connectivity index (χ3n) is 4.02. The van der Waals surface area contributed by atoms with E-state index in [1.54, 1.807) is 0 Å². The Morgan fingerprint density at radius 3 is 2.67 bits per heavy atom. The van der Waals surface area contributed by atoms with Gasteiger partial charge in [-0.1, -0.05) is 30.7 Å². The van der Waals surface area contributed by atoms with E-state index in [1.807, 2.05) is 36.4 Å². The first-order valence-electron chi connectivity index (χ1n) is 8.12. The van der Waals surface area contributed by atoms with Crippen LogP contribution in [0.25, 0.3) is 0 Å². The average molecular weight is 347 g/mol. The Bertz CT molecular complexity index is 719. The lowest BCUT2D eigenvalue weighted by Crippen LogP contribution is -2.21. The minimum Gasteiger partial charge on any atom is -0.455 e. The highest BCUT2D eigenvalue weighted by molar-refractivity contribution is 6.32. The Morgan fingerprint density at radius 2 is 1.88 bits per heavy atom. The normalized spacial score (nSPS) is 14.4. The predicted molar refractivity (Wildman–Crippen MR) is 98.7 cm³/mol. The largest absolute Gasteiger partial charge is 0.455 e. The second kappa shape index (κ2) is 7.32. The molecule has 0 bridgehead atoms. The van der Waals surface area contributed by atoms with E-state index in [1.165, 1.54) is 0 Å². The summed E-state index contributed by atoms with van der Waals surface area (Å²) in [4.78, 5) is 2.19. The zero-order chi connectivity index (χ0) is 17.1. The van der Waals surface area contributed by atoms with Crippen molar-refractivity contribution in [2.24, 2.45) is 5.92 Å². The fourth-order valence-corrected chi connectivity index (χ4v) is 3.32. The number of halogens is 1. The first kappa shape index (κ1) is 16.9. The molecule has 0 radical (unpaired) electrons. The van der Waals surface area contributed by atoms with Crippen LogP contribution in [0.2, 0.25) is 5.02 Å². The van der Waals surface area contributed by atoms with Crippen molar-refractivity contribution >= 4 is 23.0 Å². The summed E-state index contributed by atoms with van der Waals surface area (Å²) in [6, 6.07) is 11.6. The van der Waals surface area contributed by atoms with Gasteiger partial charge in [-0.2, -0.15) is 0 Å². The Kier molecular flexibility index (Phi) is 5.17. The van der Waals surface area contributed by atoms with Crippen LogP contribution in [0, 0.1) is 5.92 Å². The number of fused-ring (bicyclic) bond motifs is 2. The number of hydrogen-bond donors (Lipinski definition) is 1. The monoisotopic (exact) mass is 346 g/mol. The summed E-state index contributed by atoms with van der Waals surface area (Å²) in [5.41, 5.74) is 2.94. The van der Waals surface area contributed by atoms with Crippen LogP contribution >= 0.6 is 11.6 Å². The molecule has 1 N–H and O–H groups in total. The highest BCUT2D eigenvalue weighted by Gasteiger charge is 2.20. The van der Waals surface area contributed by atoms with Crippen molar-refractivity contribution in [3.05, 3.63) is 47.0 Å². The molecule has 0 amide bonds. The molecule has 4 nitrogen and oxygen atoms in total. The van der Waals surface area contributed by atoms with E-state index in [2.05, 4.69) is 31.2 Å². The maximum Gasteiger partial charge on any atom is 0.231 e. The van der Waals surface area contributed by atoms with Crippen molar-refractivity contribution < 1.29 is 9.47 Å². The molecular weight excluding hydrogens is 324 g/mol. The van der Waals surface area contributed by atoms with Crippen molar-refractivity contribution in [2.45, 2.75) is 13.3 Å². The van der Waals surface area contributed by atoms with E-state index in [-0.39, 0.29) is 6.79 Å². The van der Waals surface area contributed by atoms with Crippen molar-refractivity contribution in [2.75, 3.05) is 32.7 Å². The van der Waals surface area contributed by atoms with Crippen LogP contribution in [0.5, 0.6) is 11.5 Å². The first-order chi connectivity index (χ1) is 11.5. The van der Waals surface area contributed by atoms with Gasteiger partial charge in [-0.15, -0.1) is 0 Å². The van der Waals surface area contributed by atoms with Crippen LogP contribution in [0.15, 0.2) is 36.4 Å². The maximum atomic E-state index is 6.52. The van der Waals surface area contributed by atoms with Gasteiger partial charge in [0.05, 0.1) is 11.4 Å². The second-order valence-corrected chi connectivity index (χ2v) is 6.91. The summed E-state index contributed by atoms with van der Waals surface area (Å²) in [6.45, 7) is 3.41. The Morgan fingerprint density at radius 1 is 1.12 bits per heavy atom. The number of anilines is 2. The van der Waals surface area contributed by atoms with E-state index in [0.717, 1.165) is 46.4 Å². The molecule has 1 unspecified atom stereocenters. The summed E-state index contributed by atoms with van der Waals surface area (Å²) in [7, 11) is 4.17. The molecule has 3 rings (SSSR count). The number of benzene rings is 2. The Labute approximate surface area is 148 Å². The smallest absolute Gasteiger partial charge is 0.231 e. The summed E-state index contributed by atoms with van der Waals surface area (Å²) in [5.74, 6) is 2.01. The van der Waals surface area contributed by atoms with Crippen LogP contribution < -0.4 is 14.8 Å². The number of nitrogens with one attached hydrogen (secondary N) is 1. The zero-order valence-corrected chi connectivity index (χ0v) is 15.1. The van der Waals surface area contributed by atoms with Gasteiger partial charge < -0.3 is 19.7 Å². The molecule has 2 aromatic carbocycles. The maximum absolute atomic E-state index is 6.52. The van der Waals surface area contributed by atoms with E-state index in [4.69, 9.17) is 21.1 Å². The minimum absolute atomic E-state index is 0.181. The highest BCUT2D eigenvalue weighted by atomic mass is 35.5. The van der Waals surface area contributed by atoms with Gasteiger partial charge in [-0.3, -0.25) is 0 Å². The first-order valence-corrected chi connectivity index (χ1v) is 8.50. The lowest BCUT2D eigenvalue weighted by Gasteiger charge is -2.25.